The van der Waals surface area contributed by atoms with Crippen molar-refractivity contribution in [3.8, 4) is 0 Å². The molecule has 2 saturated heterocycles. The number of carboxylic acids is 1. The van der Waals surface area contributed by atoms with Gasteiger partial charge in [-0.25, -0.2) is 0 Å². The lowest BCUT2D eigenvalue weighted by Crippen LogP contribution is -2.59. The molecule has 0 aromatic heterocycles. The largest absolute Gasteiger partial charge is 0.481 e. The molecular weight excluding hydrogens is 256 g/mol. The van der Waals surface area contributed by atoms with Crippen LogP contribution in [0.4, 0.5) is 0 Å². The van der Waals surface area contributed by atoms with Gasteiger partial charge < -0.3 is 15.7 Å². The molecule has 3 atom stereocenters. The van der Waals surface area contributed by atoms with Crippen molar-refractivity contribution < 1.29 is 14.7 Å². The number of hydrogen-bond donors (Lipinski definition) is 2. The summed E-state index contributed by atoms with van der Waals surface area (Å²) in [7, 11) is 0. The molecule has 5 heteroatoms. The standard InChI is InChI=1S/C15H24N2O3/c1-15(16,10-2-3-10)14(20)17-11-4-5-12(17)7-9(6-11)8-13(18)19/h9-12H,2-8,16H2,1H3,(H,18,19). The highest BCUT2D eigenvalue weighted by atomic mass is 16.4. The molecule has 3 rings (SSSR count). The number of fused-ring (bicyclic) bond motifs is 2. The molecule has 0 aromatic rings. The number of carbonyl (C=O) groups excluding carboxylic acids is 1. The smallest absolute Gasteiger partial charge is 0.303 e. The van der Waals surface area contributed by atoms with E-state index in [1.165, 1.54) is 0 Å². The Balaban J connectivity index is 1.70. The first-order chi connectivity index (χ1) is 9.39. The lowest BCUT2D eigenvalue weighted by molar-refractivity contribution is -0.143. The molecule has 2 heterocycles. The van der Waals surface area contributed by atoms with Crippen LogP contribution in [-0.4, -0.2) is 39.5 Å². The maximum absolute atomic E-state index is 12.8. The number of aliphatic carboxylic acids is 1. The van der Waals surface area contributed by atoms with Crippen LogP contribution in [0.25, 0.3) is 0 Å². The first-order valence-electron chi connectivity index (χ1n) is 7.73. The van der Waals surface area contributed by atoms with Gasteiger partial charge in [0.1, 0.15) is 0 Å². The zero-order valence-corrected chi connectivity index (χ0v) is 12.0. The van der Waals surface area contributed by atoms with E-state index in [-0.39, 0.29) is 30.3 Å². The number of piperidine rings is 1. The van der Waals surface area contributed by atoms with E-state index in [9.17, 15) is 9.59 Å². The molecule has 3 aliphatic rings. The molecule has 2 aliphatic heterocycles. The van der Waals surface area contributed by atoms with E-state index in [4.69, 9.17) is 10.8 Å². The van der Waals surface area contributed by atoms with Gasteiger partial charge in [0.05, 0.1) is 5.54 Å². The number of carboxylic acid groups (broad SMARTS) is 1. The van der Waals surface area contributed by atoms with Crippen LogP contribution in [0.15, 0.2) is 0 Å². The van der Waals surface area contributed by atoms with Crippen molar-refractivity contribution in [1.82, 2.24) is 4.90 Å². The fourth-order valence-electron chi connectivity index (χ4n) is 4.17. The van der Waals surface area contributed by atoms with Crippen LogP contribution in [0.3, 0.4) is 0 Å². The average Bonchev–Trinajstić information content (AvgIpc) is 3.15. The van der Waals surface area contributed by atoms with E-state index in [0.29, 0.717) is 5.92 Å². The second-order valence-corrected chi connectivity index (χ2v) is 7.09. The Hall–Kier alpha value is -1.10. The highest BCUT2D eigenvalue weighted by Crippen LogP contribution is 2.44. The minimum Gasteiger partial charge on any atom is -0.481 e. The predicted octanol–water partition coefficient (Wildman–Crippen LogP) is 1.36. The molecule has 0 aromatic carbocycles. The van der Waals surface area contributed by atoms with Crippen LogP contribution in [0.1, 0.15) is 51.9 Å². The van der Waals surface area contributed by atoms with Gasteiger partial charge in [-0.15, -0.1) is 0 Å². The lowest BCUT2D eigenvalue weighted by atomic mass is 9.86. The predicted molar refractivity (Wildman–Crippen MR) is 73.9 cm³/mol. The van der Waals surface area contributed by atoms with Crippen molar-refractivity contribution in [3.63, 3.8) is 0 Å². The monoisotopic (exact) mass is 280 g/mol. The Bertz CT molecular complexity index is 417. The number of amides is 1. The van der Waals surface area contributed by atoms with E-state index >= 15 is 0 Å². The molecule has 3 unspecified atom stereocenters. The number of nitrogens with two attached hydrogens (primary N) is 1. The van der Waals surface area contributed by atoms with E-state index in [1.54, 1.807) is 0 Å². The van der Waals surface area contributed by atoms with Crippen LogP contribution in [-0.2, 0) is 9.59 Å². The molecule has 1 aliphatic carbocycles. The minimum absolute atomic E-state index is 0.0984. The third-order valence-corrected chi connectivity index (χ3v) is 5.41. The summed E-state index contributed by atoms with van der Waals surface area (Å²) in [5.41, 5.74) is 5.56. The molecule has 1 saturated carbocycles. The van der Waals surface area contributed by atoms with Gasteiger partial charge in [-0.2, -0.15) is 0 Å². The topological polar surface area (TPSA) is 83.6 Å². The quantitative estimate of drug-likeness (QED) is 0.814. The fraction of sp³-hybridized carbons (Fsp3) is 0.867. The fourth-order valence-corrected chi connectivity index (χ4v) is 4.17. The van der Waals surface area contributed by atoms with Gasteiger partial charge in [-0.3, -0.25) is 9.59 Å². The summed E-state index contributed by atoms with van der Waals surface area (Å²) >= 11 is 0. The molecule has 3 fully saturated rings. The highest BCUT2D eigenvalue weighted by molar-refractivity contribution is 5.87. The molecular formula is C15H24N2O3. The maximum Gasteiger partial charge on any atom is 0.303 e. The van der Waals surface area contributed by atoms with Gasteiger partial charge in [0.15, 0.2) is 0 Å². The molecule has 2 bridgehead atoms. The van der Waals surface area contributed by atoms with Crippen molar-refractivity contribution in [2.24, 2.45) is 17.6 Å². The minimum atomic E-state index is -0.726. The van der Waals surface area contributed by atoms with Crippen molar-refractivity contribution in [1.29, 1.82) is 0 Å². The molecule has 3 N–H and O–H groups in total. The lowest BCUT2D eigenvalue weighted by Gasteiger charge is -2.42. The van der Waals surface area contributed by atoms with Crippen molar-refractivity contribution in [3.05, 3.63) is 0 Å². The van der Waals surface area contributed by atoms with Crippen molar-refractivity contribution in [2.75, 3.05) is 0 Å². The summed E-state index contributed by atoms with van der Waals surface area (Å²) in [6, 6.07) is 0.430. The molecule has 20 heavy (non-hydrogen) atoms. The summed E-state index contributed by atoms with van der Waals surface area (Å²) in [6.45, 7) is 1.87. The van der Waals surface area contributed by atoms with Crippen LogP contribution < -0.4 is 5.73 Å². The highest BCUT2D eigenvalue weighted by Gasteiger charge is 2.51. The zero-order valence-electron chi connectivity index (χ0n) is 12.0. The third-order valence-electron chi connectivity index (χ3n) is 5.41. The number of rotatable bonds is 4. The van der Waals surface area contributed by atoms with Gasteiger partial charge in [0.25, 0.3) is 0 Å². The molecule has 5 nitrogen and oxygen atoms in total. The maximum atomic E-state index is 12.8. The van der Waals surface area contributed by atoms with Crippen LogP contribution in [0.2, 0.25) is 0 Å². The van der Waals surface area contributed by atoms with Crippen LogP contribution >= 0.6 is 0 Å². The second-order valence-electron chi connectivity index (χ2n) is 7.09. The average molecular weight is 280 g/mol. The first kappa shape index (κ1) is 13.9. The number of nitrogens with zero attached hydrogens (tertiary/aromatic N) is 1. The van der Waals surface area contributed by atoms with Crippen molar-refractivity contribution in [2.45, 2.75) is 69.5 Å². The van der Waals surface area contributed by atoms with E-state index < -0.39 is 11.5 Å². The van der Waals surface area contributed by atoms with E-state index in [0.717, 1.165) is 38.5 Å². The Kier molecular flexibility index (Phi) is 3.27. The van der Waals surface area contributed by atoms with Crippen LogP contribution in [0.5, 0.6) is 0 Å². The van der Waals surface area contributed by atoms with Gasteiger partial charge in [0.2, 0.25) is 5.91 Å². The summed E-state index contributed by atoms with van der Waals surface area (Å²) < 4.78 is 0. The van der Waals surface area contributed by atoms with Gasteiger partial charge in [-0.1, -0.05) is 0 Å². The first-order valence-corrected chi connectivity index (χ1v) is 7.73. The van der Waals surface area contributed by atoms with E-state index in [1.807, 2.05) is 11.8 Å². The number of hydrogen-bond acceptors (Lipinski definition) is 3. The Labute approximate surface area is 119 Å². The summed E-state index contributed by atoms with van der Waals surface area (Å²) in [4.78, 5) is 25.7. The summed E-state index contributed by atoms with van der Waals surface area (Å²) in [5, 5.41) is 8.94. The molecule has 0 spiro atoms. The Morgan fingerprint density at radius 3 is 2.20 bits per heavy atom. The normalized spacial score (nSPS) is 35.7. The van der Waals surface area contributed by atoms with Gasteiger partial charge >= 0.3 is 5.97 Å². The zero-order chi connectivity index (χ0) is 14.5. The molecule has 0 radical (unpaired) electrons. The molecule has 1 amide bonds. The molecule has 112 valence electrons. The second kappa shape index (κ2) is 4.72. The van der Waals surface area contributed by atoms with Crippen LogP contribution in [0, 0.1) is 11.8 Å². The van der Waals surface area contributed by atoms with Gasteiger partial charge in [0, 0.05) is 18.5 Å². The van der Waals surface area contributed by atoms with E-state index in [2.05, 4.69) is 0 Å². The Morgan fingerprint density at radius 2 is 1.75 bits per heavy atom. The Morgan fingerprint density at radius 1 is 1.20 bits per heavy atom. The van der Waals surface area contributed by atoms with Crippen molar-refractivity contribution >= 4 is 11.9 Å². The third kappa shape index (κ3) is 2.32. The summed E-state index contributed by atoms with van der Waals surface area (Å²) in [5.74, 6) is -0.0674. The SMILES string of the molecule is CC(N)(C(=O)N1C2CCC1CC(CC(=O)O)C2)C1CC1. The number of carbonyl (C=O) groups is 2. The summed E-state index contributed by atoms with van der Waals surface area (Å²) in [6.07, 6.45) is 6.02. The van der Waals surface area contributed by atoms with Gasteiger partial charge in [-0.05, 0) is 57.3 Å².